The van der Waals surface area contributed by atoms with E-state index in [0.29, 0.717) is 17.1 Å². The fourth-order valence-electron chi connectivity index (χ4n) is 2.92. The van der Waals surface area contributed by atoms with E-state index < -0.39 is 5.97 Å². The number of aromatic carboxylic acids is 1. The van der Waals surface area contributed by atoms with Crippen molar-refractivity contribution in [1.29, 1.82) is 0 Å². The molecule has 0 spiro atoms. The molecule has 1 aliphatic carbocycles. The molecule has 1 N–H and O–H groups in total. The molecule has 0 unspecified atom stereocenters. The summed E-state index contributed by atoms with van der Waals surface area (Å²) in [7, 11) is 0. The fourth-order valence-corrected chi connectivity index (χ4v) is 2.92. The zero-order valence-electron chi connectivity index (χ0n) is 14.3. The van der Waals surface area contributed by atoms with E-state index in [1.807, 2.05) is 36.4 Å². The zero-order chi connectivity index (χ0) is 18.8. The van der Waals surface area contributed by atoms with E-state index in [0.717, 1.165) is 24.2 Å². The standard InChI is InChI=1S/C22H16O5/c23-19-13-21(27-20-11-8-15(22(24)25)12-18(19)20)14-6-9-17(10-7-14)26-16-4-2-1-3-5-16/h2,4-13H,1,3H2,(H,24,25). The maximum atomic E-state index is 12.4. The largest absolute Gasteiger partial charge is 0.478 e. The maximum Gasteiger partial charge on any atom is 0.335 e. The van der Waals surface area contributed by atoms with Crippen LogP contribution in [0.1, 0.15) is 23.2 Å². The van der Waals surface area contributed by atoms with Gasteiger partial charge in [0.05, 0.1) is 10.9 Å². The Morgan fingerprint density at radius 1 is 1.04 bits per heavy atom. The van der Waals surface area contributed by atoms with Crippen LogP contribution >= 0.6 is 0 Å². The maximum absolute atomic E-state index is 12.4. The van der Waals surface area contributed by atoms with Gasteiger partial charge in [-0.15, -0.1) is 0 Å². The molecule has 3 aromatic rings. The topological polar surface area (TPSA) is 76.7 Å². The molecule has 0 aliphatic heterocycles. The van der Waals surface area contributed by atoms with Crippen LogP contribution in [-0.2, 0) is 0 Å². The third-order valence-electron chi connectivity index (χ3n) is 4.31. The molecule has 27 heavy (non-hydrogen) atoms. The molecule has 1 heterocycles. The lowest BCUT2D eigenvalue weighted by Crippen LogP contribution is -2.03. The molecular weight excluding hydrogens is 344 g/mol. The lowest BCUT2D eigenvalue weighted by Gasteiger charge is -2.10. The highest BCUT2D eigenvalue weighted by atomic mass is 16.5. The van der Waals surface area contributed by atoms with Gasteiger partial charge in [0.1, 0.15) is 22.9 Å². The minimum Gasteiger partial charge on any atom is -0.478 e. The van der Waals surface area contributed by atoms with Gasteiger partial charge in [0.25, 0.3) is 0 Å². The summed E-state index contributed by atoms with van der Waals surface area (Å²) in [5, 5.41) is 9.30. The smallest absolute Gasteiger partial charge is 0.335 e. The van der Waals surface area contributed by atoms with Gasteiger partial charge >= 0.3 is 5.97 Å². The Morgan fingerprint density at radius 2 is 1.85 bits per heavy atom. The third-order valence-corrected chi connectivity index (χ3v) is 4.31. The second-order valence-electron chi connectivity index (χ2n) is 6.20. The van der Waals surface area contributed by atoms with Crippen molar-refractivity contribution in [2.45, 2.75) is 12.8 Å². The molecule has 4 rings (SSSR count). The Labute approximate surface area is 154 Å². The van der Waals surface area contributed by atoms with Crippen molar-refractivity contribution in [1.82, 2.24) is 0 Å². The first kappa shape index (κ1) is 16.8. The minimum absolute atomic E-state index is 0.0510. The van der Waals surface area contributed by atoms with Crippen LogP contribution in [0, 0.1) is 0 Å². The average Bonchev–Trinajstić information content (AvgIpc) is 2.69. The summed E-state index contributed by atoms with van der Waals surface area (Å²) in [5.41, 5.74) is 0.847. The molecule has 0 fully saturated rings. The molecule has 0 saturated heterocycles. The van der Waals surface area contributed by atoms with Gasteiger partial charge in [0.2, 0.25) is 0 Å². The first-order valence-corrected chi connectivity index (χ1v) is 8.56. The highest BCUT2D eigenvalue weighted by Crippen LogP contribution is 2.26. The number of carboxylic acid groups (broad SMARTS) is 1. The number of carboxylic acids is 1. The number of carbonyl (C=O) groups is 1. The number of rotatable bonds is 4. The van der Waals surface area contributed by atoms with Crippen molar-refractivity contribution in [3.8, 4) is 17.1 Å². The van der Waals surface area contributed by atoms with E-state index in [9.17, 15) is 9.59 Å². The van der Waals surface area contributed by atoms with Crippen molar-refractivity contribution in [2.24, 2.45) is 0 Å². The fraction of sp³-hybridized carbons (Fsp3) is 0.0909. The van der Waals surface area contributed by atoms with Crippen LogP contribution < -0.4 is 10.2 Å². The molecule has 1 aliphatic rings. The Hall–Kier alpha value is -3.60. The molecule has 0 bridgehead atoms. The Kier molecular flexibility index (Phi) is 4.34. The molecule has 0 amide bonds. The summed E-state index contributed by atoms with van der Waals surface area (Å²) in [6.45, 7) is 0. The number of hydrogen-bond donors (Lipinski definition) is 1. The highest BCUT2D eigenvalue weighted by molar-refractivity contribution is 5.93. The van der Waals surface area contributed by atoms with Crippen molar-refractivity contribution in [3.63, 3.8) is 0 Å². The van der Waals surface area contributed by atoms with Gasteiger partial charge in [-0.2, -0.15) is 0 Å². The molecule has 0 radical (unpaired) electrons. The second kappa shape index (κ2) is 6.96. The van der Waals surface area contributed by atoms with Crippen LogP contribution in [-0.4, -0.2) is 11.1 Å². The van der Waals surface area contributed by atoms with Gasteiger partial charge in [0.15, 0.2) is 5.43 Å². The van der Waals surface area contributed by atoms with Crippen LogP contribution in [0.15, 0.2) is 81.7 Å². The SMILES string of the molecule is O=C(O)c1ccc2oc(-c3ccc(OC4=CCCC=C4)cc3)cc(=O)c2c1. The van der Waals surface area contributed by atoms with Crippen LogP contribution in [0.2, 0.25) is 0 Å². The summed E-state index contributed by atoms with van der Waals surface area (Å²) in [6.07, 6.45) is 8.06. The van der Waals surface area contributed by atoms with Crippen molar-refractivity contribution >= 4 is 16.9 Å². The molecule has 0 atom stereocenters. The minimum atomic E-state index is -1.08. The normalized spacial score (nSPS) is 13.4. The first-order chi connectivity index (χ1) is 13.1. The monoisotopic (exact) mass is 360 g/mol. The predicted molar refractivity (Wildman–Crippen MR) is 102 cm³/mol. The number of allylic oxidation sites excluding steroid dienone is 3. The summed E-state index contributed by atoms with van der Waals surface area (Å²) < 4.78 is 11.6. The van der Waals surface area contributed by atoms with Gasteiger partial charge in [-0.1, -0.05) is 6.08 Å². The Morgan fingerprint density at radius 3 is 2.56 bits per heavy atom. The van der Waals surface area contributed by atoms with E-state index in [1.165, 1.54) is 24.3 Å². The lowest BCUT2D eigenvalue weighted by atomic mass is 10.1. The van der Waals surface area contributed by atoms with Crippen LogP contribution in [0.3, 0.4) is 0 Å². The second-order valence-corrected chi connectivity index (χ2v) is 6.20. The van der Waals surface area contributed by atoms with Gasteiger partial charge in [-0.05, 0) is 67.5 Å². The highest BCUT2D eigenvalue weighted by Gasteiger charge is 2.11. The lowest BCUT2D eigenvalue weighted by molar-refractivity contribution is 0.0697. The summed E-state index contributed by atoms with van der Waals surface area (Å²) in [5.74, 6) is 0.851. The molecular formula is C22H16O5. The van der Waals surface area contributed by atoms with Crippen LogP contribution in [0.5, 0.6) is 5.75 Å². The van der Waals surface area contributed by atoms with Gasteiger partial charge < -0.3 is 14.3 Å². The van der Waals surface area contributed by atoms with E-state index in [1.54, 1.807) is 0 Å². The van der Waals surface area contributed by atoms with E-state index in [2.05, 4.69) is 6.08 Å². The molecule has 134 valence electrons. The van der Waals surface area contributed by atoms with E-state index in [-0.39, 0.29) is 16.4 Å². The van der Waals surface area contributed by atoms with Gasteiger partial charge in [0, 0.05) is 11.6 Å². The summed E-state index contributed by atoms with van der Waals surface area (Å²) >= 11 is 0. The number of fused-ring (bicyclic) bond motifs is 1. The Bertz CT molecular complexity index is 1130. The molecule has 1 aromatic heterocycles. The number of benzene rings is 2. The van der Waals surface area contributed by atoms with Crippen LogP contribution in [0.4, 0.5) is 0 Å². The predicted octanol–water partition coefficient (Wildman–Crippen LogP) is 4.77. The Balaban J connectivity index is 1.64. The van der Waals surface area contributed by atoms with E-state index >= 15 is 0 Å². The zero-order valence-corrected chi connectivity index (χ0v) is 14.3. The molecule has 5 nitrogen and oxygen atoms in total. The third kappa shape index (κ3) is 3.53. The first-order valence-electron chi connectivity index (χ1n) is 8.56. The van der Waals surface area contributed by atoms with Gasteiger partial charge in [-0.3, -0.25) is 4.79 Å². The van der Waals surface area contributed by atoms with Crippen molar-refractivity contribution in [3.05, 3.63) is 88.3 Å². The van der Waals surface area contributed by atoms with Crippen LogP contribution in [0.25, 0.3) is 22.3 Å². The average molecular weight is 360 g/mol. The van der Waals surface area contributed by atoms with E-state index in [4.69, 9.17) is 14.3 Å². The van der Waals surface area contributed by atoms with Crippen molar-refractivity contribution in [2.75, 3.05) is 0 Å². The number of hydrogen-bond acceptors (Lipinski definition) is 4. The quantitative estimate of drug-likeness (QED) is 0.725. The number of ether oxygens (including phenoxy) is 1. The van der Waals surface area contributed by atoms with Gasteiger partial charge in [-0.25, -0.2) is 4.79 Å². The summed E-state index contributed by atoms with van der Waals surface area (Å²) in [4.78, 5) is 23.5. The van der Waals surface area contributed by atoms with Crippen molar-refractivity contribution < 1.29 is 19.1 Å². The molecule has 5 heteroatoms. The summed E-state index contributed by atoms with van der Waals surface area (Å²) in [6, 6.07) is 12.9. The molecule has 0 saturated carbocycles. The molecule has 2 aromatic carbocycles.